The lowest BCUT2D eigenvalue weighted by Gasteiger charge is -2.11. The van der Waals surface area contributed by atoms with Gasteiger partial charge in [-0.3, -0.25) is 0 Å². The first-order valence-electron chi connectivity index (χ1n) is 3.39. The third kappa shape index (κ3) is 2.83. The minimum Gasteiger partial charge on any atom is -0.405 e. The van der Waals surface area contributed by atoms with Gasteiger partial charge in [-0.1, -0.05) is 15.9 Å². The van der Waals surface area contributed by atoms with Crippen LogP contribution in [-0.4, -0.2) is 11.3 Å². The highest BCUT2D eigenvalue weighted by atomic mass is 79.9. The Kier molecular flexibility index (Phi) is 3.30. The molecule has 14 heavy (non-hydrogen) atoms. The van der Waals surface area contributed by atoms with Gasteiger partial charge in [0, 0.05) is 11.5 Å². The van der Waals surface area contributed by atoms with Gasteiger partial charge < -0.3 is 4.74 Å². The first kappa shape index (κ1) is 11.2. The Morgan fingerprint density at radius 2 is 2.07 bits per heavy atom. The molecule has 0 aliphatic heterocycles. The third-order valence-electron chi connectivity index (χ3n) is 1.32. The lowest BCUT2D eigenvalue weighted by Crippen LogP contribution is -2.18. The maximum atomic E-state index is 12.8. The zero-order valence-electron chi connectivity index (χ0n) is 6.61. The summed E-state index contributed by atoms with van der Waals surface area (Å²) in [5, 5.41) is -0.0991. The van der Waals surface area contributed by atoms with Crippen LogP contribution in [0.3, 0.4) is 0 Å². The van der Waals surface area contributed by atoms with Gasteiger partial charge in [-0.2, -0.15) is 4.39 Å². The molecule has 78 valence electrons. The monoisotopic (exact) mass is 273 g/mol. The Morgan fingerprint density at radius 1 is 1.43 bits per heavy atom. The van der Waals surface area contributed by atoms with Crippen LogP contribution in [0.5, 0.6) is 5.75 Å². The number of alkyl halides is 4. The molecule has 0 aliphatic carbocycles. The quantitative estimate of drug-likeness (QED) is 0.470. The molecule has 0 fully saturated rings. The number of halogens is 5. The van der Waals surface area contributed by atoms with Gasteiger partial charge in [0.05, 0.1) is 5.56 Å². The van der Waals surface area contributed by atoms with Gasteiger partial charge >= 0.3 is 6.36 Å². The van der Waals surface area contributed by atoms with Crippen LogP contribution in [-0.2, 0) is 5.33 Å². The molecule has 0 saturated carbocycles. The molecular weight excluding hydrogens is 270 g/mol. The zero-order valence-corrected chi connectivity index (χ0v) is 8.19. The Labute approximate surface area is 85.0 Å². The van der Waals surface area contributed by atoms with Crippen LogP contribution in [0.25, 0.3) is 0 Å². The third-order valence-corrected chi connectivity index (χ3v) is 1.88. The molecular formula is C7H4BrF4NO. The second-order valence-electron chi connectivity index (χ2n) is 2.26. The Morgan fingerprint density at radius 3 is 2.57 bits per heavy atom. The topological polar surface area (TPSA) is 22.1 Å². The Hall–Kier alpha value is -0.850. The average Bonchev–Trinajstić information content (AvgIpc) is 2.01. The number of nitrogens with zero attached hydrogens (tertiary/aromatic N) is 1. The van der Waals surface area contributed by atoms with E-state index in [1.165, 1.54) is 0 Å². The predicted octanol–water partition coefficient (Wildman–Crippen LogP) is 3.01. The van der Waals surface area contributed by atoms with Crippen LogP contribution in [0.1, 0.15) is 5.56 Å². The van der Waals surface area contributed by atoms with Gasteiger partial charge in [0.2, 0.25) is 5.95 Å². The van der Waals surface area contributed by atoms with Gasteiger partial charge in [0.1, 0.15) is 5.75 Å². The number of rotatable bonds is 2. The van der Waals surface area contributed by atoms with E-state index in [-0.39, 0.29) is 10.9 Å². The summed E-state index contributed by atoms with van der Waals surface area (Å²) in [6.07, 6.45) is -3.92. The van der Waals surface area contributed by atoms with Crippen LogP contribution < -0.4 is 4.74 Å². The van der Waals surface area contributed by atoms with Crippen molar-refractivity contribution in [3.8, 4) is 5.75 Å². The van der Waals surface area contributed by atoms with Crippen molar-refractivity contribution in [2.45, 2.75) is 11.7 Å². The first-order chi connectivity index (χ1) is 6.44. The highest BCUT2D eigenvalue weighted by Crippen LogP contribution is 2.28. The van der Waals surface area contributed by atoms with Gasteiger partial charge in [0.15, 0.2) is 0 Å². The maximum Gasteiger partial charge on any atom is 0.573 e. The van der Waals surface area contributed by atoms with Crippen LogP contribution in [0.15, 0.2) is 12.3 Å². The highest BCUT2D eigenvalue weighted by molar-refractivity contribution is 9.08. The van der Waals surface area contributed by atoms with Crippen molar-refractivity contribution in [1.29, 1.82) is 0 Å². The molecule has 1 rings (SSSR count). The lowest BCUT2D eigenvalue weighted by molar-refractivity contribution is -0.274. The summed E-state index contributed by atoms with van der Waals surface area (Å²) in [7, 11) is 0. The van der Waals surface area contributed by atoms with E-state index in [4.69, 9.17) is 0 Å². The van der Waals surface area contributed by atoms with Crippen molar-refractivity contribution < 1.29 is 22.3 Å². The van der Waals surface area contributed by atoms with E-state index in [2.05, 4.69) is 25.7 Å². The van der Waals surface area contributed by atoms with Crippen molar-refractivity contribution in [2.75, 3.05) is 0 Å². The SMILES string of the molecule is Fc1nccc(OC(F)(F)F)c1CBr. The molecule has 0 atom stereocenters. The van der Waals surface area contributed by atoms with Gasteiger partial charge in [-0.05, 0) is 6.07 Å². The summed E-state index contributed by atoms with van der Waals surface area (Å²) in [5.41, 5.74) is -0.259. The fourth-order valence-corrected chi connectivity index (χ4v) is 1.30. The van der Waals surface area contributed by atoms with Crippen LogP contribution >= 0.6 is 15.9 Å². The van der Waals surface area contributed by atoms with Gasteiger partial charge in [-0.25, -0.2) is 4.98 Å². The van der Waals surface area contributed by atoms with Crippen molar-refractivity contribution in [2.24, 2.45) is 0 Å². The normalized spacial score (nSPS) is 11.5. The molecule has 2 nitrogen and oxygen atoms in total. The minimum absolute atomic E-state index is 0.0991. The van der Waals surface area contributed by atoms with Crippen molar-refractivity contribution >= 4 is 15.9 Å². The number of pyridine rings is 1. The van der Waals surface area contributed by atoms with Crippen LogP contribution in [0, 0.1) is 5.95 Å². The summed E-state index contributed by atoms with van der Waals surface area (Å²) in [6, 6.07) is 0.952. The van der Waals surface area contributed by atoms with E-state index >= 15 is 0 Å². The molecule has 0 N–H and O–H groups in total. The molecule has 0 spiro atoms. The molecule has 7 heteroatoms. The van der Waals surface area contributed by atoms with Crippen molar-refractivity contribution in [1.82, 2.24) is 4.98 Å². The molecule has 1 aromatic heterocycles. The zero-order chi connectivity index (χ0) is 10.8. The molecule has 0 aliphatic rings. The number of hydrogen-bond donors (Lipinski definition) is 0. The lowest BCUT2D eigenvalue weighted by atomic mass is 10.3. The van der Waals surface area contributed by atoms with Crippen LogP contribution in [0.4, 0.5) is 17.6 Å². The minimum atomic E-state index is -4.83. The Bertz CT molecular complexity index is 328. The standard InChI is InChI=1S/C7H4BrF4NO/c8-3-4-5(14-7(10,11)12)1-2-13-6(4)9/h1-2H,3H2. The largest absolute Gasteiger partial charge is 0.573 e. The van der Waals surface area contributed by atoms with E-state index in [0.717, 1.165) is 12.3 Å². The molecule has 1 heterocycles. The summed E-state index contributed by atoms with van der Waals surface area (Å²) < 4.78 is 51.9. The second kappa shape index (κ2) is 4.12. The maximum absolute atomic E-state index is 12.8. The summed E-state index contributed by atoms with van der Waals surface area (Å²) >= 11 is 2.84. The second-order valence-corrected chi connectivity index (χ2v) is 2.82. The summed E-state index contributed by atoms with van der Waals surface area (Å²) in [4.78, 5) is 3.20. The predicted molar refractivity (Wildman–Crippen MR) is 43.5 cm³/mol. The molecule has 0 bridgehead atoms. The fourth-order valence-electron chi connectivity index (χ4n) is 0.792. The molecule has 0 radical (unpaired) electrons. The van der Waals surface area contributed by atoms with Gasteiger partial charge in [-0.15, -0.1) is 13.2 Å². The number of aromatic nitrogens is 1. The molecule has 1 aromatic rings. The van der Waals surface area contributed by atoms with E-state index < -0.39 is 18.1 Å². The summed E-state index contributed by atoms with van der Waals surface area (Å²) in [5.74, 6) is -1.56. The molecule has 0 saturated heterocycles. The number of hydrogen-bond acceptors (Lipinski definition) is 2. The van der Waals surface area contributed by atoms with E-state index in [0.29, 0.717) is 0 Å². The first-order valence-corrected chi connectivity index (χ1v) is 4.51. The highest BCUT2D eigenvalue weighted by Gasteiger charge is 2.32. The van der Waals surface area contributed by atoms with E-state index in [1.54, 1.807) is 0 Å². The van der Waals surface area contributed by atoms with Crippen molar-refractivity contribution in [3.63, 3.8) is 0 Å². The van der Waals surface area contributed by atoms with Gasteiger partial charge in [0.25, 0.3) is 0 Å². The smallest absolute Gasteiger partial charge is 0.405 e. The summed E-state index contributed by atoms with van der Waals surface area (Å²) in [6.45, 7) is 0. The number of ether oxygens (including phenoxy) is 1. The van der Waals surface area contributed by atoms with Crippen molar-refractivity contribution in [3.05, 3.63) is 23.8 Å². The van der Waals surface area contributed by atoms with Crippen LogP contribution in [0.2, 0.25) is 0 Å². The molecule has 0 unspecified atom stereocenters. The average molecular weight is 274 g/mol. The molecule has 0 amide bonds. The Balaban J connectivity index is 3.02. The van der Waals surface area contributed by atoms with E-state index in [9.17, 15) is 17.6 Å². The fraction of sp³-hybridized carbons (Fsp3) is 0.286. The molecule has 0 aromatic carbocycles. The van der Waals surface area contributed by atoms with E-state index in [1.807, 2.05) is 0 Å².